The Morgan fingerprint density at radius 2 is 1.92 bits per heavy atom. The van der Waals surface area contributed by atoms with Crippen molar-refractivity contribution in [1.82, 2.24) is 9.88 Å². The highest BCUT2D eigenvalue weighted by Crippen LogP contribution is 2.62. The number of benzene rings is 2. The summed E-state index contributed by atoms with van der Waals surface area (Å²) in [6.45, 7) is 2.98. The van der Waals surface area contributed by atoms with Crippen LogP contribution in [-0.4, -0.2) is 61.4 Å². The molecule has 11 heteroatoms. The summed E-state index contributed by atoms with van der Waals surface area (Å²) in [6, 6.07) is 17.1. The molecule has 3 aromatic rings. The van der Waals surface area contributed by atoms with Gasteiger partial charge in [-0.05, 0) is 42.8 Å². The van der Waals surface area contributed by atoms with Gasteiger partial charge in [-0.1, -0.05) is 30.3 Å². The van der Waals surface area contributed by atoms with Gasteiger partial charge in [-0.25, -0.2) is 9.37 Å². The zero-order valence-corrected chi connectivity index (χ0v) is 21.9. The quantitative estimate of drug-likeness (QED) is 0.371. The number of ether oxygens (including phenoxy) is 1. The maximum absolute atomic E-state index is 15.1. The Morgan fingerprint density at radius 3 is 2.55 bits per heavy atom. The zero-order valence-electron chi connectivity index (χ0n) is 21.1. The van der Waals surface area contributed by atoms with Gasteiger partial charge in [0, 0.05) is 30.9 Å². The van der Waals surface area contributed by atoms with Crippen molar-refractivity contribution in [2.24, 2.45) is 10.7 Å². The van der Waals surface area contributed by atoms with Gasteiger partial charge in [-0.3, -0.25) is 23.8 Å². The average Bonchev–Trinajstić information content (AvgIpc) is 2.86. The van der Waals surface area contributed by atoms with Crippen LogP contribution in [0.1, 0.15) is 28.5 Å². The molecule has 1 unspecified atom stereocenters. The molecule has 2 aliphatic heterocycles. The van der Waals surface area contributed by atoms with E-state index in [2.05, 4.69) is 20.2 Å². The van der Waals surface area contributed by atoms with Crippen molar-refractivity contribution in [3.8, 4) is 5.75 Å². The molecule has 9 nitrogen and oxygen atoms in total. The van der Waals surface area contributed by atoms with E-state index >= 15 is 4.39 Å². The summed E-state index contributed by atoms with van der Waals surface area (Å²) in [5, 5.41) is 2.71. The molecule has 1 fully saturated rings. The third-order valence-corrected chi connectivity index (χ3v) is 9.84. The number of anilines is 1. The number of hydrogen-bond donors (Lipinski definition) is 4. The van der Waals surface area contributed by atoms with Crippen LogP contribution in [0.2, 0.25) is 0 Å². The van der Waals surface area contributed by atoms with Crippen molar-refractivity contribution in [3.05, 3.63) is 89.5 Å². The number of carbonyl (C=O) groups excluding carboxylic acids is 1. The van der Waals surface area contributed by atoms with Crippen LogP contribution >= 0.6 is 10.6 Å². The van der Waals surface area contributed by atoms with Gasteiger partial charge in [0.25, 0.3) is 5.91 Å². The van der Waals surface area contributed by atoms with Gasteiger partial charge >= 0.3 is 0 Å². The molecular formula is C27H30FN5O4S. The maximum Gasteiger partial charge on any atom is 0.274 e. The van der Waals surface area contributed by atoms with Gasteiger partial charge in [-0.15, -0.1) is 0 Å². The highest BCUT2D eigenvalue weighted by Gasteiger charge is 2.60. The van der Waals surface area contributed by atoms with Crippen LogP contribution in [0.15, 0.2) is 71.9 Å². The number of halogens is 1. The minimum atomic E-state index is -3.29. The fraction of sp³-hybridized carbons (Fsp3) is 0.296. The first-order valence-electron chi connectivity index (χ1n) is 12.0. The van der Waals surface area contributed by atoms with E-state index in [-0.39, 0.29) is 22.8 Å². The number of hydrogen-bond acceptors (Lipinski definition) is 8. The molecule has 0 aliphatic carbocycles. The molecular weight excluding hydrogens is 509 g/mol. The SMILES string of the molecule is COc1ccc(C(=O)Nc2ccc(F)c(C3(C)CS(O)(O)C4(CN(Cc5ccccc5)C4)C(N)=N3)c2)nc1. The summed E-state index contributed by atoms with van der Waals surface area (Å²) in [7, 11) is -1.79. The molecule has 0 radical (unpaired) electrons. The van der Waals surface area contributed by atoms with Crippen LogP contribution in [-0.2, 0) is 12.1 Å². The predicted molar refractivity (Wildman–Crippen MR) is 146 cm³/mol. The largest absolute Gasteiger partial charge is 0.495 e. The number of pyridine rings is 1. The van der Waals surface area contributed by atoms with Crippen LogP contribution in [0.4, 0.5) is 10.1 Å². The lowest BCUT2D eigenvalue weighted by atomic mass is 9.90. The van der Waals surface area contributed by atoms with E-state index in [0.29, 0.717) is 31.1 Å². The molecule has 38 heavy (non-hydrogen) atoms. The lowest BCUT2D eigenvalue weighted by Crippen LogP contribution is -2.72. The van der Waals surface area contributed by atoms with E-state index in [1.54, 1.807) is 13.0 Å². The first kappa shape index (κ1) is 26.1. The number of nitrogens with one attached hydrogen (secondary N) is 1. The van der Waals surface area contributed by atoms with E-state index in [9.17, 15) is 13.9 Å². The molecule has 0 bridgehead atoms. The van der Waals surface area contributed by atoms with E-state index in [4.69, 9.17) is 10.5 Å². The van der Waals surface area contributed by atoms with Gasteiger partial charge < -0.3 is 15.8 Å². The van der Waals surface area contributed by atoms with Gasteiger partial charge in [0.1, 0.15) is 33.4 Å². The molecule has 1 amide bonds. The average molecular weight is 540 g/mol. The van der Waals surface area contributed by atoms with Crippen LogP contribution < -0.4 is 15.8 Å². The number of aromatic nitrogens is 1. The Hall–Kier alpha value is -3.51. The summed E-state index contributed by atoms with van der Waals surface area (Å²) in [5.41, 5.74) is 6.75. The molecule has 1 saturated heterocycles. The Labute approximate surface area is 221 Å². The normalized spacial score (nSPS) is 22.7. The minimum absolute atomic E-state index is 0.104. The topological polar surface area (TPSA) is 133 Å². The first-order chi connectivity index (χ1) is 18.0. The van der Waals surface area contributed by atoms with Crippen molar-refractivity contribution in [3.63, 3.8) is 0 Å². The van der Waals surface area contributed by atoms with Gasteiger partial charge in [0.05, 0.1) is 19.1 Å². The van der Waals surface area contributed by atoms with E-state index in [1.165, 1.54) is 37.6 Å². The number of aliphatic imine (C=N–C) groups is 1. The Kier molecular flexibility index (Phi) is 6.64. The molecule has 0 saturated carbocycles. The zero-order chi connectivity index (χ0) is 27.1. The second kappa shape index (κ2) is 9.66. The summed E-state index contributed by atoms with van der Waals surface area (Å²) < 4.78 is 41.8. The smallest absolute Gasteiger partial charge is 0.274 e. The van der Waals surface area contributed by atoms with E-state index in [1.807, 2.05) is 30.3 Å². The van der Waals surface area contributed by atoms with Crippen molar-refractivity contribution < 1.29 is 23.0 Å². The number of nitrogens with two attached hydrogens (primary N) is 1. The van der Waals surface area contributed by atoms with Crippen LogP contribution in [0.5, 0.6) is 5.75 Å². The molecule has 2 aliphatic rings. The van der Waals surface area contributed by atoms with Crippen LogP contribution in [0, 0.1) is 5.82 Å². The number of likely N-dealkylation sites (tertiary alicyclic amines) is 1. The van der Waals surface area contributed by atoms with Gasteiger partial charge in [-0.2, -0.15) is 10.6 Å². The number of amidine groups is 1. The summed E-state index contributed by atoms with van der Waals surface area (Å²) >= 11 is 0. The lowest BCUT2D eigenvalue weighted by molar-refractivity contribution is 0.102. The van der Waals surface area contributed by atoms with Crippen molar-refractivity contribution in [2.75, 3.05) is 31.3 Å². The van der Waals surface area contributed by atoms with E-state index < -0.39 is 32.6 Å². The highest BCUT2D eigenvalue weighted by molar-refractivity contribution is 8.26. The fourth-order valence-electron chi connectivity index (χ4n) is 5.08. The van der Waals surface area contributed by atoms with Gasteiger partial charge in [0.2, 0.25) is 0 Å². The van der Waals surface area contributed by atoms with Crippen molar-refractivity contribution in [1.29, 1.82) is 0 Å². The minimum Gasteiger partial charge on any atom is -0.495 e. The molecule has 5 rings (SSSR count). The fourth-order valence-corrected chi connectivity index (χ4v) is 7.52. The molecule has 1 aromatic heterocycles. The summed E-state index contributed by atoms with van der Waals surface area (Å²) in [5.74, 6) is -0.647. The first-order valence-corrected chi connectivity index (χ1v) is 13.8. The Morgan fingerprint density at radius 1 is 1.18 bits per heavy atom. The second-order valence-electron chi connectivity index (χ2n) is 9.94. The van der Waals surface area contributed by atoms with Crippen molar-refractivity contribution >= 4 is 28.0 Å². The second-order valence-corrected chi connectivity index (χ2v) is 12.3. The molecule has 200 valence electrons. The number of amides is 1. The highest BCUT2D eigenvalue weighted by atomic mass is 32.3. The summed E-state index contributed by atoms with van der Waals surface area (Å²) in [6.07, 6.45) is 1.42. The summed E-state index contributed by atoms with van der Waals surface area (Å²) in [4.78, 5) is 23.5. The third-order valence-electron chi connectivity index (χ3n) is 7.16. The van der Waals surface area contributed by atoms with Crippen LogP contribution in [0.25, 0.3) is 0 Å². The van der Waals surface area contributed by atoms with Gasteiger partial charge in [0.15, 0.2) is 0 Å². The third kappa shape index (κ3) is 4.62. The predicted octanol–water partition coefficient (Wildman–Crippen LogP) is 4.07. The van der Waals surface area contributed by atoms with Crippen molar-refractivity contribution in [2.45, 2.75) is 23.8 Å². The molecule has 1 spiro atoms. The number of methoxy groups -OCH3 is 1. The molecule has 3 heterocycles. The monoisotopic (exact) mass is 539 g/mol. The molecule has 1 atom stereocenters. The maximum atomic E-state index is 15.1. The Balaban J connectivity index is 1.37. The number of nitrogens with zero attached hydrogens (tertiary/aromatic N) is 3. The van der Waals surface area contributed by atoms with Crippen LogP contribution in [0.3, 0.4) is 0 Å². The Bertz CT molecular complexity index is 1380. The molecule has 5 N–H and O–H groups in total. The number of rotatable bonds is 6. The lowest BCUT2D eigenvalue weighted by Gasteiger charge is -2.63. The standard InChI is InChI=1S/C27H30FN5O4S/c1-26(21-12-19(8-10-22(21)28)31-24(34)23-11-9-20(37-2)13-30-23)17-38(35,36)27(25(29)32-26)15-33(16-27)14-18-6-4-3-5-7-18/h3-13,35-36H,14-17H2,1-2H3,(H2,29,32)(H,31,34). The number of carbonyl (C=O) groups is 1. The van der Waals surface area contributed by atoms with E-state index in [0.717, 1.165) is 5.56 Å². The molecule has 2 aromatic carbocycles.